The zero-order chi connectivity index (χ0) is 25.8. The molecule has 0 spiro atoms. The van der Waals surface area contributed by atoms with Crippen molar-refractivity contribution in [3.8, 4) is 11.1 Å². The standard InChI is InChI=1S/C26H38N4O5/c1-17(2)16-21(24(31)33-7)27-23-22(18(3)28-35-23)19-8-10-20(11-9-19)29-12-14-30(15-13-29)25(32)34-26(4,5)6/h8-11,17,21,27H,12-16H2,1-7H3. The lowest BCUT2D eigenvalue weighted by Gasteiger charge is -2.36. The van der Waals surface area contributed by atoms with E-state index in [4.69, 9.17) is 14.0 Å². The average Bonchev–Trinajstić information content (AvgIpc) is 3.16. The summed E-state index contributed by atoms with van der Waals surface area (Å²) in [5, 5.41) is 7.32. The van der Waals surface area contributed by atoms with Crippen molar-refractivity contribution in [2.45, 2.75) is 59.6 Å². The number of hydrogen-bond acceptors (Lipinski definition) is 8. The fourth-order valence-corrected chi connectivity index (χ4v) is 4.11. The van der Waals surface area contributed by atoms with Gasteiger partial charge in [0.1, 0.15) is 11.6 Å². The Hall–Kier alpha value is -3.23. The number of piperazine rings is 1. The van der Waals surface area contributed by atoms with Gasteiger partial charge in [-0.15, -0.1) is 0 Å². The summed E-state index contributed by atoms with van der Waals surface area (Å²) in [5.41, 5.74) is 3.08. The highest BCUT2D eigenvalue weighted by atomic mass is 16.6. The summed E-state index contributed by atoms with van der Waals surface area (Å²) in [6, 6.07) is 7.64. The van der Waals surface area contributed by atoms with E-state index < -0.39 is 11.6 Å². The Balaban J connectivity index is 1.69. The lowest BCUT2D eigenvalue weighted by atomic mass is 10.0. The predicted molar refractivity (Wildman–Crippen MR) is 136 cm³/mol. The van der Waals surface area contributed by atoms with Gasteiger partial charge in [0.15, 0.2) is 0 Å². The second-order valence-electron chi connectivity index (χ2n) is 10.3. The fourth-order valence-electron chi connectivity index (χ4n) is 4.11. The lowest BCUT2D eigenvalue weighted by Crippen LogP contribution is -2.50. The molecule has 9 nitrogen and oxygen atoms in total. The summed E-state index contributed by atoms with van der Waals surface area (Å²) in [4.78, 5) is 28.6. The molecule has 2 heterocycles. The Kier molecular flexibility index (Phi) is 8.30. The lowest BCUT2D eigenvalue weighted by molar-refractivity contribution is -0.141. The molecule has 1 amide bonds. The number of hydrogen-bond donors (Lipinski definition) is 1. The largest absolute Gasteiger partial charge is 0.467 e. The molecule has 192 valence electrons. The number of nitrogens with one attached hydrogen (secondary N) is 1. The van der Waals surface area contributed by atoms with Crippen molar-refractivity contribution in [2.24, 2.45) is 5.92 Å². The van der Waals surface area contributed by atoms with Crippen LogP contribution in [-0.4, -0.2) is 67.1 Å². The quantitative estimate of drug-likeness (QED) is 0.562. The number of rotatable bonds is 7. The Morgan fingerprint density at radius 2 is 1.74 bits per heavy atom. The van der Waals surface area contributed by atoms with E-state index in [-0.39, 0.29) is 12.1 Å². The highest BCUT2D eigenvalue weighted by Crippen LogP contribution is 2.34. The van der Waals surface area contributed by atoms with E-state index in [0.29, 0.717) is 31.3 Å². The number of methoxy groups -OCH3 is 1. The average molecular weight is 487 g/mol. The molecular formula is C26H38N4O5. The van der Waals surface area contributed by atoms with Gasteiger partial charge in [-0.25, -0.2) is 9.59 Å². The van der Waals surface area contributed by atoms with Gasteiger partial charge in [0.2, 0.25) is 5.88 Å². The van der Waals surface area contributed by atoms with Crippen LogP contribution in [0, 0.1) is 12.8 Å². The van der Waals surface area contributed by atoms with Crippen LogP contribution >= 0.6 is 0 Å². The van der Waals surface area contributed by atoms with Gasteiger partial charge in [-0.2, -0.15) is 0 Å². The van der Waals surface area contributed by atoms with Crippen LogP contribution < -0.4 is 10.2 Å². The molecule has 1 aliphatic heterocycles. The molecule has 2 aromatic rings. The van der Waals surface area contributed by atoms with Crippen molar-refractivity contribution in [2.75, 3.05) is 43.5 Å². The van der Waals surface area contributed by atoms with Crippen LogP contribution in [0.1, 0.15) is 46.7 Å². The maximum Gasteiger partial charge on any atom is 0.410 e. The zero-order valence-electron chi connectivity index (χ0n) is 21.9. The molecule has 1 unspecified atom stereocenters. The third kappa shape index (κ3) is 6.90. The number of ether oxygens (including phenoxy) is 2. The molecule has 1 N–H and O–H groups in total. The third-order valence-electron chi connectivity index (χ3n) is 5.81. The highest BCUT2D eigenvalue weighted by molar-refractivity contribution is 5.83. The van der Waals surface area contributed by atoms with Crippen LogP contribution in [0.25, 0.3) is 11.1 Å². The molecule has 1 fully saturated rings. The molecular weight excluding hydrogens is 448 g/mol. The number of anilines is 2. The number of amides is 1. The summed E-state index contributed by atoms with van der Waals surface area (Å²) in [6.07, 6.45) is 0.346. The number of benzene rings is 1. The number of carbonyl (C=O) groups is 2. The first-order chi connectivity index (χ1) is 16.5. The van der Waals surface area contributed by atoms with Gasteiger partial charge in [-0.3, -0.25) is 0 Å². The van der Waals surface area contributed by atoms with Gasteiger partial charge in [-0.1, -0.05) is 31.1 Å². The number of carbonyl (C=O) groups excluding carboxylic acids is 2. The Labute approximate surface area is 207 Å². The normalized spacial score (nSPS) is 15.2. The molecule has 1 aromatic carbocycles. The topological polar surface area (TPSA) is 97.1 Å². The van der Waals surface area contributed by atoms with Crippen molar-refractivity contribution in [1.82, 2.24) is 10.1 Å². The maximum absolute atomic E-state index is 12.3. The first kappa shape index (κ1) is 26.4. The van der Waals surface area contributed by atoms with E-state index >= 15 is 0 Å². The maximum atomic E-state index is 12.3. The van der Waals surface area contributed by atoms with Crippen LogP contribution in [0.3, 0.4) is 0 Å². The van der Waals surface area contributed by atoms with Crippen LogP contribution in [0.5, 0.6) is 0 Å². The molecule has 0 radical (unpaired) electrons. The highest BCUT2D eigenvalue weighted by Gasteiger charge is 2.27. The van der Waals surface area contributed by atoms with Gasteiger partial charge >= 0.3 is 12.1 Å². The zero-order valence-corrected chi connectivity index (χ0v) is 21.9. The van der Waals surface area contributed by atoms with Crippen LogP contribution in [0.2, 0.25) is 0 Å². The summed E-state index contributed by atoms with van der Waals surface area (Å²) in [6.45, 7) is 14.3. The molecule has 9 heteroatoms. The fraction of sp³-hybridized carbons (Fsp3) is 0.577. The Morgan fingerprint density at radius 3 is 2.29 bits per heavy atom. The summed E-state index contributed by atoms with van der Waals surface area (Å²) in [7, 11) is 1.38. The minimum absolute atomic E-state index is 0.266. The van der Waals surface area contributed by atoms with Crippen molar-refractivity contribution >= 4 is 23.6 Å². The van der Waals surface area contributed by atoms with E-state index in [0.717, 1.165) is 35.6 Å². The summed E-state index contributed by atoms with van der Waals surface area (Å²) >= 11 is 0. The minimum Gasteiger partial charge on any atom is -0.467 e. The van der Waals surface area contributed by atoms with Gasteiger partial charge in [0, 0.05) is 31.9 Å². The van der Waals surface area contributed by atoms with Gasteiger partial charge < -0.3 is 29.1 Å². The number of aromatic nitrogens is 1. The predicted octanol–water partition coefficient (Wildman–Crippen LogP) is 4.71. The van der Waals surface area contributed by atoms with Crippen molar-refractivity contribution in [1.29, 1.82) is 0 Å². The molecule has 3 rings (SSSR count). The van der Waals surface area contributed by atoms with Crippen LogP contribution in [0.4, 0.5) is 16.4 Å². The molecule has 1 aromatic heterocycles. The van der Waals surface area contributed by atoms with Crippen LogP contribution in [0.15, 0.2) is 28.8 Å². The molecule has 1 atom stereocenters. The molecule has 35 heavy (non-hydrogen) atoms. The molecule has 0 bridgehead atoms. The summed E-state index contributed by atoms with van der Waals surface area (Å²) < 4.78 is 16.0. The van der Waals surface area contributed by atoms with E-state index in [1.807, 2.05) is 39.8 Å². The second kappa shape index (κ2) is 11.0. The third-order valence-corrected chi connectivity index (χ3v) is 5.81. The number of aryl methyl sites for hydroxylation is 1. The van der Waals surface area contributed by atoms with E-state index in [2.05, 4.69) is 41.4 Å². The Bertz CT molecular complexity index is 1000. The van der Waals surface area contributed by atoms with Crippen molar-refractivity contribution in [3.63, 3.8) is 0 Å². The number of esters is 1. The van der Waals surface area contributed by atoms with Crippen LogP contribution in [-0.2, 0) is 14.3 Å². The molecule has 1 aliphatic rings. The molecule has 0 aliphatic carbocycles. The minimum atomic E-state index is -0.522. The van der Waals surface area contributed by atoms with Gasteiger partial charge in [0.25, 0.3) is 0 Å². The molecule has 0 saturated carbocycles. The van der Waals surface area contributed by atoms with Crippen molar-refractivity contribution in [3.05, 3.63) is 30.0 Å². The van der Waals surface area contributed by atoms with E-state index in [1.54, 1.807) is 4.90 Å². The van der Waals surface area contributed by atoms with Gasteiger partial charge in [-0.05, 0) is 57.7 Å². The van der Waals surface area contributed by atoms with E-state index in [9.17, 15) is 9.59 Å². The monoisotopic (exact) mass is 486 g/mol. The smallest absolute Gasteiger partial charge is 0.410 e. The second-order valence-corrected chi connectivity index (χ2v) is 10.3. The Morgan fingerprint density at radius 1 is 1.11 bits per heavy atom. The first-order valence-electron chi connectivity index (χ1n) is 12.1. The van der Waals surface area contributed by atoms with Crippen molar-refractivity contribution < 1.29 is 23.6 Å². The summed E-state index contributed by atoms with van der Waals surface area (Å²) in [5.74, 6) is 0.422. The van der Waals surface area contributed by atoms with E-state index in [1.165, 1.54) is 7.11 Å². The SMILES string of the molecule is COC(=O)C(CC(C)C)Nc1onc(C)c1-c1ccc(N2CCN(C(=O)OC(C)(C)C)CC2)cc1. The van der Waals surface area contributed by atoms with Gasteiger partial charge in [0.05, 0.1) is 18.4 Å². The number of nitrogens with zero attached hydrogens (tertiary/aromatic N) is 3. The molecule has 1 saturated heterocycles. The first-order valence-corrected chi connectivity index (χ1v) is 12.1.